The quantitative estimate of drug-likeness (QED) is 0.753. The molecule has 1 amide bonds. The zero-order chi connectivity index (χ0) is 15.5. The first-order valence-corrected chi connectivity index (χ1v) is 7.51. The highest BCUT2D eigenvalue weighted by molar-refractivity contribution is 7.85. The second-order valence-electron chi connectivity index (χ2n) is 4.28. The van der Waals surface area contributed by atoms with E-state index < -0.39 is 10.1 Å². The van der Waals surface area contributed by atoms with E-state index in [0.29, 0.717) is 11.3 Å². The maximum absolute atomic E-state index is 12.0. The van der Waals surface area contributed by atoms with Gasteiger partial charge in [-0.05, 0) is 48.5 Å². The van der Waals surface area contributed by atoms with Gasteiger partial charge >= 0.3 is 0 Å². The first-order valence-electron chi connectivity index (χ1n) is 6.07. The Balaban J connectivity index is 2.12. The lowest BCUT2D eigenvalue weighted by Gasteiger charge is -2.07. The van der Waals surface area contributed by atoms with Gasteiger partial charge in [0.1, 0.15) is 0 Å². The standard InChI is InChI=1S/C14H14N2O4S/c1-15-11-4-2-10(3-5-11)14(17)16-12-6-8-13(9-7-12)21(18,19)20/h2-9,15H,1H3,(H,16,17)(H,18,19,20). The molecule has 2 aromatic rings. The Morgan fingerprint density at radius 3 is 1.95 bits per heavy atom. The Kier molecular flexibility index (Phi) is 4.25. The van der Waals surface area contributed by atoms with Crippen molar-refractivity contribution in [3.05, 3.63) is 54.1 Å². The minimum absolute atomic E-state index is 0.223. The molecule has 0 radical (unpaired) electrons. The van der Waals surface area contributed by atoms with Gasteiger partial charge in [0, 0.05) is 24.0 Å². The third-order valence-corrected chi connectivity index (χ3v) is 3.71. The molecular formula is C14H14N2O4S. The first-order chi connectivity index (χ1) is 9.90. The van der Waals surface area contributed by atoms with Crippen molar-refractivity contribution < 1.29 is 17.8 Å². The fraction of sp³-hybridized carbons (Fsp3) is 0.0714. The molecule has 0 aliphatic carbocycles. The van der Waals surface area contributed by atoms with Crippen molar-refractivity contribution >= 4 is 27.4 Å². The summed E-state index contributed by atoms with van der Waals surface area (Å²) in [6.45, 7) is 0. The third kappa shape index (κ3) is 3.80. The Hall–Kier alpha value is -2.38. The molecule has 0 saturated heterocycles. The summed E-state index contributed by atoms with van der Waals surface area (Å²) < 4.78 is 30.7. The van der Waals surface area contributed by atoms with E-state index in [-0.39, 0.29) is 10.8 Å². The number of hydrogen-bond acceptors (Lipinski definition) is 4. The Morgan fingerprint density at radius 1 is 0.952 bits per heavy atom. The molecule has 0 fully saturated rings. The summed E-state index contributed by atoms with van der Waals surface area (Å²) in [7, 11) is -2.44. The maximum atomic E-state index is 12.0. The van der Waals surface area contributed by atoms with Gasteiger partial charge in [0.2, 0.25) is 0 Å². The molecule has 3 N–H and O–H groups in total. The van der Waals surface area contributed by atoms with Crippen LogP contribution < -0.4 is 10.6 Å². The zero-order valence-electron chi connectivity index (χ0n) is 11.2. The number of carbonyl (C=O) groups excluding carboxylic acids is 1. The smallest absolute Gasteiger partial charge is 0.294 e. The monoisotopic (exact) mass is 306 g/mol. The summed E-state index contributed by atoms with van der Waals surface area (Å²) >= 11 is 0. The number of nitrogens with one attached hydrogen (secondary N) is 2. The zero-order valence-corrected chi connectivity index (χ0v) is 12.0. The molecule has 0 atom stereocenters. The van der Waals surface area contributed by atoms with Crippen molar-refractivity contribution in [3.63, 3.8) is 0 Å². The highest BCUT2D eigenvalue weighted by Crippen LogP contribution is 2.15. The molecule has 2 rings (SSSR count). The van der Waals surface area contributed by atoms with Crippen LogP contribution in [0.1, 0.15) is 10.4 Å². The minimum Gasteiger partial charge on any atom is -0.388 e. The Bertz CT molecular complexity index is 738. The molecule has 7 heteroatoms. The van der Waals surface area contributed by atoms with Gasteiger partial charge in [-0.2, -0.15) is 8.42 Å². The van der Waals surface area contributed by atoms with Crippen LogP contribution in [0.3, 0.4) is 0 Å². The van der Waals surface area contributed by atoms with Crippen LogP contribution >= 0.6 is 0 Å². The fourth-order valence-corrected chi connectivity index (χ4v) is 2.18. The van der Waals surface area contributed by atoms with E-state index in [2.05, 4.69) is 10.6 Å². The van der Waals surface area contributed by atoms with Crippen LogP contribution in [-0.4, -0.2) is 25.9 Å². The molecule has 6 nitrogen and oxygen atoms in total. The van der Waals surface area contributed by atoms with E-state index in [0.717, 1.165) is 5.69 Å². The van der Waals surface area contributed by atoms with Gasteiger partial charge in [0.15, 0.2) is 0 Å². The third-order valence-electron chi connectivity index (χ3n) is 2.85. The summed E-state index contributed by atoms with van der Waals surface area (Å²) in [5.74, 6) is -0.308. The van der Waals surface area contributed by atoms with Crippen LogP contribution in [0.25, 0.3) is 0 Å². The lowest BCUT2D eigenvalue weighted by Crippen LogP contribution is -2.12. The lowest BCUT2D eigenvalue weighted by atomic mass is 10.2. The van der Waals surface area contributed by atoms with E-state index in [9.17, 15) is 13.2 Å². The number of hydrogen-bond donors (Lipinski definition) is 3. The summed E-state index contributed by atoms with van der Waals surface area (Å²) in [6, 6.07) is 12.1. The van der Waals surface area contributed by atoms with Crippen molar-refractivity contribution in [1.82, 2.24) is 0 Å². The normalized spacial score (nSPS) is 11.0. The molecule has 0 saturated carbocycles. The van der Waals surface area contributed by atoms with Crippen LogP contribution in [0, 0.1) is 0 Å². The molecule has 0 aromatic heterocycles. The lowest BCUT2D eigenvalue weighted by molar-refractivity contribution is 0.102. The van der Waals surface area contributed by atoms with Crippen LogP contribution in [-0.2, 0) is 10.1 Å². The average Bonchev–Trinajstić information content (AvgIpc) is 2.47. The second-order valence-corrected chi connectivity index (χ2v) is 5.70. The number of rotatable bonds is 4. The predicted octanol–water partition coefficient (Wildman–Crippen LogP) is 2.23. The largest absolute Gasteiger partial charge is 0.388 e. The van der Waals surface area contributed by atoms with E-state index in [4.69, 9.17) is 4.55 Å². The summed E-state index contributed by atoms with van der Waals surface area (Å²) in [4.78, 5) is 11.8. The Morgan fingerprint density at radius 2 is 1.48 bits per heavy atom. The molecule has 0 heterocycles. The van der Waals surface area contributed by atoms with Crippen molar-refractivity contribution in [3.8, 4) is 0 Å². The number of carbonyl (C=O) groups is 1. The van der Waals surface area contributed by atoms with Gasteiger partial charge in [-0.1, -0.05) is 0 Å². The second kappa shape index (κ2) is 5.94. The molecule has 0 aliphatic rings. The number of benzene rings is 2. The van der Waals surface area contributed by atoms with Crippen LogP contribution in [0.2, 0.25) is 0 Å². The summed E-state index contributed by atoms with van der Waals surface area (Å²) in [5.41, 5.74) is 1.81. The van der Waals surface area contributed by atoms with Gasteiger partial charge in [-0.3, -0.25) is 9.35 Å². The maximum Gasteiger partial charge on any atom is 0.294 e. The molecule has 0 unspecified atom stereocenters. The number of anilines is 2. The van der Waals surface area contributed by atoms with Gasteiger partial charge in [0.25, 0.3) is 16.0 Å². The van der Waals surface area contributed by atoms with E-state index in [1.165, 1.54) is 24.3 Å². The topological polar surface area (TPSA) is 95.5 Å². The highest BCUT2D eigenvalue weighted by atomic mass is 32.2. The molecule has 110 valence electrons. The minimum atomic E-state index is -4.23. The molecule has 0 aliphatic heterocycles. The van der Waals surface area contributed by atoms with E-state index in [1.807, 2.05) is 0 Å². The fourth-order valence-electron chi connectivity index (χ4n) is 1.70. The van der Waals surface area contributed by atoms with E-state index in [1.54, 1.807) is 31.3 Å². The molecular weight excluding hydrogens is 292 g/mol. The summed E-state index contributed by atoms with van der Waals surface area (Å²) in [5, 5.41) is 5.59. The van der Waals surface area contributed by atoms with Gasteiger partial charge in [-0.15, -0.1) is 0 Å². The SMILES string of the molecule is CNc1ccc(C(=O)Nc2ccc(S(=O)(=O)O)cc2)cc1. The van der Waals surface area contributed by atoms with Gasteiger partial charge in [-0.25, -0.2) is 0 Å². The molecule has 21 heavy (non-hydrogen) atoms. The molecule has 0 spiro atoms. The van der Waals surface area contributed by atoms with Crippen molar-refractivity contribution in [2.24, 2.45) is 0 Å². The average molecular weight is 306 g/mol. The van der Waals surface area contributed by atoms with Crippen molar-refractivity contribution in [1.29, 1.82) is 0 Å². The van der Waals surface area contributed by atoms with Crippen molar-refractivity contribution in [2.75, 3.05) is 17.7 Å². The van der Waals surface area contributed by atoms with Crippen LogP contribution in [0.15, 0.2) is 53.4 Å². The molecule has 0 bridgehead atoms. The highest BCUT2D eigenvalue weighted by Gasteiger charge is 2.10. The van der Waals surface area contributed by atoms with Gasteiger partial charge < -0.3 is 10.6 Å². The first kappa shape index (κ1) is 15.0. The van der Waals surface area contributed by atoms with Crippen molar-refractivity contribution in [2.45, 2.75) is 4.90 Å². The number of amides is 1. The van der Waals surface area contributed by atoms with Crippen LogP contribution in [0.5, 0.6) is 0 Å². The predicted molar refractivity (Wildman–Crippen MR) is 80.2 cm³/mol. The van der Waals surface area contributed by atoms with Gasteiger partial charge in [0.05, 0.1) is 4.90 Å². The summed E-state index contributed by atoms with van der Waals surface area (Å²) in [6.07, 6.45) is 0. The molecule has 2 aromatic carbocycles. The Labute approximate surface area is 122 Å². The van der Waals surface area contributed by atoms with E-state index >= 15 is 0 Å². The van der Waals surface area contributed by atoms with Crippen LogP contribution in [0.4, 0.5) is 11.4 Å².